The van der Waals surface area contributed by atoms with Crippen LogP contribution >= 0.6 is 0 Å². The van der Waals surface area contributed by atoms with E-state index in [0.29, 0.717) is 29.4 Å². The monoisotopic (exact) mass is 566 g/mol. The molecule has 0 atom stereocenters. The SMILES string of the molecule is CC(C)=CCN(C(=O)Nc1cnn(C)c1)C1CCN(Cc2ccc(Oc3ccc(NS(C)(=O)=O)cc3)cc2)CC1. The number of nitrogens with zero attached hydrogens (tertiary/aromatic N) is 4. The van der Waals surface area contributed by atoms with Crippen molar-refractivity contribution in [2.75, 3.05) is 35.9 Å². The van der Waals surface area contributed by atoms with E-state index >= 15 is 0 Å². The molecule has 2 aromatic carbocycles. The van der Waals surface area contributed by atoms with Gasteiger partial charge in [-0.2, -0.15) is 5.10 Å². The van der Waals surface area contributed by atoms with Gasteiger partial charge in [-0.15, -0.1) is 0 Å². The first kappa shape index (κ1) is 29.2. The zero-order valence-electron chi connectivity index (χ0n) is 23.5. The van der Waals surface area contributed by atoms with Gasteiger partial charge in [0.15, 0.2) is 0 Å². The Kier molecular flexibility index (Phi) is 9.49. The molecule has 4 rings (SSSR count). The predicted octanol–water partition coefficient (Wildman–Crippen LogP) is 5.05. The smallest absolute Gasteiger partial charge is 0.322 e. The van der Waals surface area contributed by atoms with Gasteiger partial charge in [0.05, 0.1) is 18.1 Å². The number of nitrogens with one attached hydrogen (secondary N) is 2. The fourth-order valence-corrected chi connectivity index (χ4v) is 5.18. The third kappa shape index (κ3) is 8.85. The summed E-state index contributed by atoms with van der Waals surface area (Å²) in [6, 6.07) is 14.8. The Bertz CT molecular complexity index is 1410. The van der Waals surface area contributed by atoms with Crippen LogP contribution in [-0.4, -0.2) is 66.0 Å². The molecule has 0 saturated carbocycles. The number of urea groups is 1. The predicted molar refractivity (Wildman–Crippen MR) is 158 cm³/mol. The van der Waals surface area contributed by atoms with Gasteiger partial charge in [-0.25, -0.2) is 13.2 Å². The Hall–Kier alpha value is -3.83. The van der Waals surface area contributed by atoms with Crippen molar-refractivity contribution in [1.82, 2.24) is 19.6 Å². The normalized spacial score (nSPS) is 14.4. The molecule has 2 amide bonds. The number of likely N-dealkylation sites (tertiary alicyclic amines) is 1. The number of benzene rings is 2. The summed E-state index contributed by atoms with van der Waals surface area (Å²) in [4.78, 5) is 17.5. The van der Waals surface area contributed by atoms with Crippen LogP contribution in [0.1, 0.15) is 32.3 Å². The fraction of sp³-hybridized carbons (Fsp3) is 0.379. The van der Waals surface area contributed by atoms with Crippen LogP contribution < -0.4 is 14.8 Å². The second kappa shape index (κ2) is 13.0. The van der Waals surface area contributed by atoms with Crippen molar-refractivity contribution in [3.05, 3.63) is 78.1 Å². The van der Waals surface area contributed by atoms with Crippen LogP contribution in [0, 0.1) is 0 Å². The van der Waals surface area contributed by atoms with E-state index in [9.17, 15) is 13.2 Å². The number of sulfonamides is 1. The Balaban J connectivity index is 1.29. The van der Waals surface area contributed by atoms with Crippen molar-refractivity contribution < 1.29 is 17.9 Å². The van der Waals surface area contributed by atoms with Gasteiger partial charge in [-0.1, -0.05) is 23.8 Å². The maximum atomic E-state index is 13.1. The van der Waals surface area contributed by atoms with Crippen LogP contribution in [0.25, 0.3) is 0 Å². The first-order valence-electron chi connectivity index (χ1n) is 13.3. The molecule has 0 aliphatic carbocycles. The number of anilines is 2. The number of rotatable bonds is 10. The van der Waals surface area contributed by atoms with Crippen LogP contribution in [0.3, 0.4) is 0 Å². The van der Waals surface area contributed by atoms with Crippen molar-refractivity contribution in [2.24, 2.45) is 7.05 Å². The molecule has 0 unspecified atom stereocenters. The molecule has 2 N–H and O–H groups in total. The Morgan fingerprint density at radius 2 is 1.68 bits per heavy atom. The van der Waals surface area contributed by atoms with Crippen molar-refractivity contribution in [3.8, 4) is 11.5 Å². The average Bonchev–Trinajstić information content (AvgIpc) is 3.30. The first-order valence-corrected chi connectivity index (χ1v) is 15.2. The molecule has 1 fully saturated rings. The van der Waals surface area contributed by atoms with Crippen molar-refractivity contribution in [2.45, 2.75) is 39.3 Å². The zero-order chi connectivity index (χ0) is 28.7. The summed E-state index contributed by atoms with van der Waals surface area (Å²) in [5.41, 5.74) is 3.56. The molecule has 2 heterocycles. The number of aryl methyl sites for hydroxylation is 1. The van der Waals surface area contributed by atoms with E-state index < -0.39 is 10.0 Å². The Labute approximate surface area is 236 Å². The van der Waals surface area contributed by atoms with E-state index in [2.05, 4.69) is 38.2 Å². The third-order valence-corrected chi connectivity index (χ3v) is 7.24. The molecule has 40 heavy (non-hydrogen) atoms. The van der Waals surface area contributed by atoms with Gasteiger partial charge < -0.3 is 15.0 Å². The molecule has 0 radical (unpaired) electrons. The summed E-state index contributed by atoms with van der Waals surface area (Å²) in [6.45, 7) is 7.31. The highest BCUT2D eigenvalue weighted by Gasteiger charge is 2.27. The number of aromatic nitrogens is 2. The lowest BCUT2D eigenvalue weighted by molar-refractivity contribution is 0.130. The van der Waals surface area contributed by atoms with Crippen LogP contribution in [0.15, 0.2) is 72.6 Å². The Morgan fingerprint density at radius 3 is 2.23 bits per heavy atom. The summed E-state index contributed by atoms with van der Waals surface area (Å²) in [6.07, 6.45) is 8.48. The highest BCUT2D eigenvalue weighted by Crippen LogP contribution is 2.25. The molecule has 10 nitrogen and oxygen atoms in total. The number of carbonyl (C=O) groups is 1. The van der Waals surface area contributed by atoms with Crippen molar-refractivity contribution >= 4 is 27.4 Å². The van der Waals surface area contributed by atoms with Crippen LogP contribution in [0.5, 0.6) is 11.5 Å². The van der Waals surface area contributed by atoms with E-state index in [4.69, 9.17) is 4.74 Å². The molecule has 1 aliphatic heterocycles. The van der Waals surface area contributed by atoms with Gasteiger partial charge in [0.1, 0.15) is 11.5 Å². The van der Waals surface area contributed by atoms with E-state index in [1.165, 1.54) is 11.1 Å². The Morgan fingerprint density at radius 1 is 1.05 bits per heavy atom. The summed E-state index contributed by atoms with van der Waals surface area (Å²) < 4.78 is 32.8. The van der Waals surface area contributed by atoms with Gasteiger partial charge in [0, 0.05) is 51.2 Å². The van der Waals surface area contributed by atoms with Crippen molar-refractivity contribution in [3.63, 3.8) is 0 Å². The number of hydrogen-bond acceptors (Lipinski definition) is 6. The molecule has 0 spiro atoms. The summed E-state index contributed by atoms with van der Waals surface area (Å²) in [5.74, 6) is 1.33. The molecular weight excluding hydrogens is 528 g/mol. The molecular formula is C29H38N6O4S. The minimum atomic E-state index is -3.31. The number of carbonyl (C=O) groups excluding carboxylic acids is 1. The number of allylic oxidation sites excluding steroid dienone is 1. The maximum Gasteiger partial charge on any atom is 0.322 e. The minimum absolute atomic E-state index is 0.0964. The average molecular weight is 567 g/mol. The lowest BCUT2D eigenvalue weighted by Crippen LogP contribution is -2.48. The first-order chi connectivity index (χ1) is 19.0. The second-order valence-electron chi connectivity index (χ2n) is 10.4. The largest absolute Gasteiger partial charge is 0.457 e. The lowest BCUT2D eigenvalue weighted by atomic mass is 10.0. The van der Waals surface area contributed by atoms with Gasteiger partial charge in [-0.3, -0.25) is 14.3 Å². The van der Waals surface area contributed by atoms with Gasteiger partial charge >= 0.3 is 6.03 Å². The molecule has 1 aliphatic rings. The molecule has 1 saturated heterocycles. The standard InChI is InChI=1S/C29H38N6O4S/c1-22(2)13-18-35(29(36)31-25-19-30-33(3)21-25)26-14-16-34(17-15-26)20-23-5-9-27(10-6-23)39-28-11-7-24(8-12-28)32-40(4,37)38/h5-13,19,21,26,32H,14-18,20H2,1-4H3,(H,31,36). The van der Waals surface area contributed by atoms with Gasteiger partial charge in [0.25, 0.3) is 0 Å². The number of piperidine rings is 1. The van der Waals surface area contributed by atoms with Crippen LogP contribution in [-0.2, 0) is 23.6 Å². The highest BCUT2D eigenvalue weighted by molar-refractivity contribution is 7.92. The van der Waals surface area contributed by atoms with Gasteiger partial charge in [-0.05, 0) is 68.7 Å². The minimum Gasteiger partial charge on any atom is -0.457 e. The third-order valence-electron chi connectivity index (χ3n) is 6.63. The number of hydrogen-bond donors (Lipinski definition) is 2. The topological polar surface area (TPSA) is 109 Å². The summed E-state index contributed by atoms with van der Waals surface area (Å²) >= 11 is 0. The fourth-order valence-electron chi connectivity index (χ4n) is 4.61. The van der Waals surface area contributed by atoms with E-state index in [0.717, 1.165) is 38.7 Å². The summed E-state index contributed by atoms with van der Waals surface area (Å²) in [5, 5.41) is 7.13. The van der Waals surface area contributed by atoms with Crippen LogP contribution in [0.2, 0.25) is 0 Å². The molecule has 214 valence electrons. The quantitative estimate of drug-likeness (QED) is 0.333. The second-order valence-corrected chi connectivity index (χ2v) is 12.2. The lowest BCUT2D eigenvalue weighted by Gasteiger charge is -2.38. The number of amides is 2. The summed E-state index contributed by atoms with van der Waals surface area (Å²) in [7, 11) is -1.49. The molecule has 3 aromatic rings. The van der Waals surface area contributed by atoms with Crippen LogP contribution in [0.4, 0.5) is 16.2 Å². The van der Waals surface area contributed by atoms with E-state index in [1.807, 2.05) is 37.9 Å². The molecule has 11 heteroatoms. The van der Waals surface area contributed by atoms with E-state index in [1.54, 1.807) is 41.3 Å². The maximum absolute atomic E-state index is 13.1. The number of ether oxygens (including phenoxy) is 1. The van der Waals surface area contributed by atoms with E-state index in [-0.39, 0.29) is 12.1 Å². The van der Waals surface area contributed by atoms with Crippen molar-refractivity contribution in [1.29, 1.82) is 0 Å². The molecule has 0 bridgehead atoms. The molecule has 1 aromatic heterocycles. The zero-order valence-corrected chi connectivity index (χ0v) is 24.3. The highest BCUT2D eigenvalue weighted by atomic mass is 32.2. The van der Waals surface area contributed by atoms with Gasteiger partial charge in [0.2, 0.25) is 10.0 Å².